The lowest BCUT2D eigenvalue weighted by Crippen LogP contribution is -2.46. The van der Waals surface area contributed by atoms with Crippen molar-refractivity contribution in [1.29, 1.82) is 0 Å². The Balaban J connectivity index is 4.87. The van der Waals surface area contributed by atoms with Gasteiger partial charge in [-0.15, -0.1) is 0 Å². The Hall–Kier alpha value is -1.59. The molecule has 0 rings (SSSR count). The molecule has 0 aliphatic heterocycles. The Bertz CT molecular complexity index is 415. The normalized spacial score (nSPS) is 13.5. The molecule has 0 bridgehead atoms. The summed E-state index contributed by atoms with van der Waals surface area (Å²) in [5.74, 6) is -1.26. The van der Waals surface area contributed by atoms with Crippen LogP contribution in [0.5, 0.6) is 0 Å². The van der Waals surface area contributed by atoms with Gasteiger partial charge < -0.3 is 14.8 Å². The number of alkyl carbamates (subject to hydrolysis) is 1. The van der Waals surface area contributed by atoms with E-state index in [9.17, 15) is 14.4 Å². The van der Waals surface area contributed by atoms with Gasteiger partial charge in [0.1, 0.15) is 11.6 Å². The van der Waals surface area contributed by atoms with Gasteiger partial charge in [-0.05, 0) is 53.9 Å². The number of rotatable bonds is 4. The zero-order valence-corrected chi connectivity index (χ0v) is 14.9. The average Bonchev–Trinajstić information content (AvgIpc) is 2.23. The number of carbonyl (C=O) groups excluding carboxylic acids is 3. The van der Waals surface area contributed by atoms with E-state index in [1.54, 1.807) is 41.5 Å². The fourth-order valence-corrected chi connectivity index (χ4v) is 1.45. The predicted octanol–water partition coefficient (Wildman–Crippen LogP) is 3.04. The van der Waals surface area contributed by atoms with Crippen LogP contribution in [0.3, 0.4) is 0 Å². The largest absolute Gasteiger partial charge is 0.444 e. The van der Waals surface area contributed by atoms with Crippen LogP contribution in [0, 0.1) is 11.3 Å². The van der Waals surface area contributed by atoms with Crippen molar-refractivity contribution in [1.82, 2.24) is 5.32 Å². The number of nitrogens with one attached hydrogen (secondary N) is 1. The highest BCUT2D eigenvalue weighted by atomic mass is 16.6. The second kappa shape index (κ2) is 7.61. The molecule has 0 saturated heterocycles. The highest BCUT2D eigenvalue weighted by Crippen LogP contribution is 2.17. The predicted molar refractivity (Wildman–Crippen MR) is 83.2 cm³/mol. The average molecular weight is 315 g/mol. The van der Waals surface area contributed by atoms with Crippen molar-refractivity contribution in [3.05, 3.63) is 0 Å². The molecule has 0 heterocycles. The highest BCUT2D eigenvalue weighted by Gasteiger charge is 2.31. The summed E-state index contributed by atoms with van der Waals surface area (Å²) in [6, 6.07) is -0.916. The summed E-state index contributed by atoms with van der Waals surface area (Å²) in [6.07, 6.45) is -0.353. The molecule has 6 nitrogen and oxygen atoms in total. The van der Waals surface area contributed by atoms with Gasteiger partial charge in [-0.3, -0.25) is 4.79 Å². The van der Waals surface area contributed by atoms with Crippen molar-refractivity contribution in [3.63, 3.8) is 0 Å². The zero-order valence-electron chi connectivity index (χ0n) is 14.9. The van der Waals surface area contributed by atoms with Crippen LogP contribution < -0.4 is 5.32 Å². The molecule has 1 N–H and O–H groups in total. The fraction of sp³-hybridized carbons (Fsp3) is 0.812. The maximum atomic E-state index is 12.1. The first-order valence-electron chi connectivity index (χ1n) is 7.48. The van der Waals surface area contributed by atoms with Gasteiger partial charge in [-0.2, -0.15) is 0 Å². The van der Waals surface area contributed by atoms with E-state index in [1.807, 2.05) is 13.8 Å². The fourth-order valence-electron chi connectivity index (χ4n) is 1.45. The molecule has 0 radical (unpaired) electrons. The smallest absolute Gasteiger partial charge is 0.408 e. The van der Waals surface area contributed by atoms with Gasteiger partial charge in [-0.25, -0.2) is 9.59 Å². The number of esters is 2. The summed E-state index contributed by atoms with van der Waals surface area (Å²) < 4.78 is 9.99. The van der Waals surface area contributed by atoms with Crippen LogP contribution in [0.1, 0.15) is 61.8 Å². The van der Waals surface area contributed by atoms with E-state index in [0.29, 0.717) is 6.42 Å². The molecule has 6 heteroatoms. The van der Waals surface area contributed by atoms with Crippen LogP contribution in [-0.4, -0.2) is 29.7 Å². The lowest BCUT2D eigenvalue weighted by Gasteiger charge is -2.24. The zero-order chi connectivity index (χ0) is 17.7. The monoisotopic (exact) mass is 315 g/mol. The molecule has 128 valence electrons. The standard InChI is InChI=1S/C16H29NO5/c1-10(2)9-11(17-14(20)22-16(6,7)8)12(18)21-13(19)15(3,4)5/h10-11H,9H2,1-8H3,(H,17,20)/t11-/m1/s1. The summed E-state index contributed by atoms with van der Waals surface area (Å²) in [4.78, 5) is 35.7. The van der Waals surface area contributed by atoms with Gasteiger partial charge >= 0.3 is 18.0 Å². The summed E-state index contributed by atoms with van der Waals surface area (Å²) in [7, 11) is 0. The first-order chi connectivity index (χ1) is 9.72. The number of carbonyl (C=O) groups is 3. The topological polar surface area (TPSA) is 81.7 Å². The summed E-state index contributed by atoms with van der Waals surface area (Å²) in [5.41, 5.74) is -1.46. The lowest BCUT2D eigenvalue weighted by molar-refractivity contribution is -0.167. The summed E-state index contributed by atoms with van der Waals surface area (Å²) >= 11 is 0. The second-order valence-corrected chi connectivity index (χ2v) is 7.79. The van der Waals surface area contributed by atoms with Crippen LogP contribution in [0.25, 0.3) is 0 Å². The van der Waals surface area contributed by atoms with Crippen molar-refractivity contribution < 1.29 is 23.9 Å². The van der Waals surface area contributed by atoms with Gasteiger partial charge in [0.05, 0.1) is 5.41 Å². The number of ether oxygens (including phenoxy) is 2. The maximum absolute atomic E-state index is 12.1. The lowest BCUT2D eigenvalue weighted by atomic mass is 9.97. The third-order valence-electron chi connectivity index (χ3n) is 2.49. The molecule has 0 spiro atoms. The van der Waals surface area contributed by atoms with Crippen LogP contribution >= 0.6 is 0 Å². The van der Waals surface area contributed by atoms with E-state index < -0.39 is 35.1 Å². The Kier molecular flexibility index (Phi) is 7.06. The minimum Gasteiger partial charge on any atom is -0.444 e. The Morgan fingerprint density at radius 1 is 1.00 bits per heavy atom. The van der Waals surface area contributed by atoms with Gasteiger partial charge in [0.15, 0.2) is 0 Å². The molecule has 0 aromatic carbocycles. The molecule has 0 aliphatic carbocycles. The molecular weight excluding hydrogens is 286 g/mol. The molecule has 0 aromatic rings. The van der Waals surface area contributed by atoms with Gasteiger partial charge in [0.2, 0.25) is 0 Å². The van der Waals surface area contributed by atoms with Crippen LogP contribution in [0.2, 0.25) is 0 Å². The highest BCUT2D eigenvalue weighted by molar-refractivity contribution is 5.92. The van der Waals surface area contributed by atoms with E-state index in [4.69, 9.17) is 9.47 Å². The molecule has 22 heavy (non-hydrogen) atoms. The van der Waals surface area contributed by atoms with E-state index in [-0.39, 0.29) is 5.92 Å². The van der Waals surface area contributed by atoms with Gasteiger partial charge in [0.25, 0.3) is 0 Å². The van der Waals surface area contributed by atoms with Crippen LogP contribution in [0.4, 0.5) is 4.79 Å². The minimum atomic E-state index is -0.916. The van der Waals surface area contributed by atoms with Crippen molar-refractivity contribution in [2.45, 2.75) is 73.5 Å². The SMILES string of the molecule is CC(C)C[C@@H](NC(=O)OC(C)(C)C)C(=O)OC(=O)C(C)(C)C. The van der Waals surface area contributed by atoms with Gasteiger partial charge in [-0.1, -0.05) is 13.8 Å². The summed E-state index contributed by atoms with van der Waals surface area (Å²) in [5, 5.41) is 2.47. The molecular formula is C16H29NO5. The quantitative estimate of drug-likeness (QED) is 0.637. The van der Waals surface area contributed by atoms with Gasteiger partial charge in [0, 0.05) is 0 Å². The van der Waals surface area contributed by atoms with Crippen LogP contribution in [-0.2, 0) is 19.1 Å². The second-order valence-electron chi connectivity index (χ2n) is 7.79. The first-order valence-corrected chi connectivity index (χ1v) is 7.48. The Morgan fingerprint density at radius 2 is 1.50 bits per heavy atom. The molecule has 0 aliphatic rings. The third-order valence-corrected chi connectivity index (χ3v) is 2.49. The first kappa shape index (κ1) is 20.4. The molecule has 0 aromatic heterocycles. The minimum absolute atomic E-state index is 0.136. The van der Waals surface area contributed by atoms with Crippen molar-refractivity contribution in [3.8, 4) is 0 Å². The molecule has 0 saturated carbocycles. The number of hydrogen-bond acceptors (Lipinski definition) is 5. The molecule has 1 atom stereocenters. The summed E-state index contributed by atoms with van der Waals surface area (Å²) in [6.45, 7) is 14.0. The van der Waals surface area contributed by atoms with E-state index in [0.717, 1.165) is 0 Å². The van der Waals surface area contributed by atoms with E-state index >= 15 is 0 Å². The number of amides is 1. The van der Waals surface area contributed by atoms with Crippen LogP contribution in [0.15, 0.2) is 0 Å². The van der Waals surface area contributed by atoms with E-state index in [2.05, 4.69) is 5.32 Å². The van der Waals surface area contributed by atoms with Crippen molar-refractivity contribution >= 4 is 18.0 Å². The van der Waals surface area contributed by atoms with E-state index in [1.165, 1.54) is 0 Å². The molecule has 1 amide bonds. The molecule has 0 unspecified atom stereocenters. The number of hydrogen-bond donors (Lipinski definition) is 1. The Labute approximate surface area is 132 Å². The Morgan fingerprint density at radius 3 is 1.86 bits per heavy atom. The third kappa shape index (κ3) is 8.64. The molecule has 0 fully saturated rings. The van der Waals surface area contributed by atoms with Crippen molar-refractivity contribution in [2.75, 3.05) is 0 Å². The maximum Gasteiger partial charge on any atom is 0.408 e. The van der Waals surface area contributed by atoms with Crippen molar-refractivity contribution in [2.24, 2.45) is 11.3 Å².